The maximum Gasteiger partial charge on any atom is 0.319 e. The average molecular weight is 457 g/mol. The number of hydrogen-bond donors (Lipinski definition) is 3. The van der Waals surface area contributed by atoms with Gasteiger partial charge in [0.15, 0.2) is 5.78 Å². The first kappa shape index (κ1) is 23.1. The summed E-state index contributed by atoms with van der Waals surface area (Å²) < 4.78 is 13.2. The molecule has 6 nitrogen and oxygen atoms in total. The summed E-state index contributed by atoms with van der Waals surface area (Å²) >= 11 is 0. The summed E-state index contributed by atoms with van der Waals surface area (Å²) in [6, 6.07) is 14.7. The van der Waals surface area contributed by atoms with Gasteiger partial charge in [0.1, 0.15) is 5.82 Å². The SMILES string of the molecule is O=C(NCCc1cccnc1)Nc1ccc(C(=O)CNC2CC2)c(C#Cc2ccc(F)cc2)c1. The summed E-state index contributed by atoms with van der Waals surface area (Å²) in [5, 5.41) is 8.83. The van der Waals surface area contributed by atoms with Crippen LogP contribution >= 0.6 is 0 Å². The van der Waals surface area contributed by atoms with Gasteiger partial charge < -0.3 is 16.0 Å². The average Bonchev–Trinajstić information content (AvgIpc) is 3.68. The van der Waals surface area contributed by atoms with Crippen LogP contribution in [0.1, 0.15) is 39.9 Å². The third-order valence-corrected chi connectivity index (χ3v) is 5.31. The molecule has 1 fully saturated rings. The molecule has 4 rings (SSSR count). The van der Waals surface area contributed by atoms with Crippen molar-refractivity contribution in [2.75, 3.05) is 18.4 Å². The number of aromatic nitrogens is 1. The van der Waals surface area contributed by atoms with Crippen LogP contribution in [0.2, 0.25) is 0 Å². The minimum absolute atomic E-state index is 0.0669. The van der Waals surface area contributed by atoms with Crippen LogP contribution in [0, 0.1) is 17.7 Å². The number of anilines is 1. The number of amides is 2. The molecular weight excluding hydrogens is 431 g/mol. The van der Waals surface area contributed by atoms with Crippen LogP contribution in [-0.2, 0) is 6.42 Å². The summed E-state index contributed by atoms with van der Waals surface area (Å²) in [7, 11) is 0. The van der Waals surface area contributed by atoms with Gasteiger partial charge in [-0.05, 0) is 73.4 Å². The van der Waals surface area contributed by atoms with Crippen molar-refractivity contribution in [3.63, 3.8) is 0 Å². The van der Waals surface area contributed by atoms with Gasteiger partial charge in [0.25, 0.3) is 0 Å². The molecule has 7 heteroatoms. The third-order valence-electron chi connectivity index (χ3n) is 5.31. The van der Waals surface area contributed by atoms with Crippen molar-refractivity contribution < 1.29 is 14.0 Å². The van der Waals surface area contributed by atoms with E-state index in [1.165, 1.54) is 12.1 Å². The highest BCUT2D eigenvalue weighted by Gasteiger charge is 2.22. The number of pyridine rings is 1. The van der Waals surface area contributed by atoms with Crippen LogP contribution in [0.5, 0.6) is 0 Å². The van der Waals surface area contributed by atoms with E-state index in [2.05, 4.69) is 32.8 Å². The lowest BCUT2D eigenvalue weighted by atomic mass is 10.0. The normalized spacial score (nSPS) is 12.4. The molecule has 172 valence electrons. The van der Waals surface area contributed by atoms with E-state index in [9.17, 15) is 14.0 Å². The molecule has 0 radical (unpaired) electrons. The number of ketones is 1. The third kappa shape index (κ3) is 6.99. The molecule has 1 aromatic heterocycles. The minimum atomic E-state index is -0.351. The highest BCUT2D eigenvalue weighted by Crippen LogP contribution is 2.20. The smallest absolute Gasteiger partial charge is 0.319 e. The zero-order valence-electron chi connectivity index (χ0n) is 18.6. The minimum Gasteiger partial charge on any atom is -0.338 e. The molecule has 1 heterocycles. The summed E-state index contributed by atoms with van der Waals surface area (Å²) in [4.78, 5) is 29.2. The van der Waals surface area contributed by atoms with Crippen molar-refractivity contribution in [2.45, 2.75) is 25.3 Å². The molecular formula is C27H25FN4O2. The van der Waals surface area contributed by atoms with Gasteiger partial charge in [0, 0.05) is 47.4 Å². The lowest BCUT2D eigenvalue weighted by molar-refractivity contribution is 0.0990. The van der Waals surface area contributed by atoms with Crippen LogP contribution in [0.15, 0.2) is 67.0 Å². The van der Waals surface area contributed by atoms with E-state index < -0.39 is 0 Å². The number of Topliss-reactive ketones (excluding diaryl/α,β-unsaturated/α-hetero) is 1. The topological polar surface area (TPSA) is 83.1 Å². The lowest BCUT2D eigenvalue weighted by Gasteiger charge is -2.10. The summed E-state index contributed by atoms with van der Waals surface area (Å²) in [5.74, 6) is 5.58. The number of rotatable bonds is 8. The zero-order chi connectivity index (χ0) is 23.8. The first-order valence-corrected chi connectivity index (χ1v) is 11.2. The Bertz CT molecular complexity index is 1210. The van der Waals surface area contributed by atoms with Gasteiger partial charge in [0.2, 0.25) is 0 Å². The van der Waals surface area contributed by atoms with Gasteiger partial charge in [0.05, 0.1) is 6.54 Å². The van der Waals surface area contributed by atoms with Crippen molar-refractivity contribution in [2.24, 2.45) is 0 Å². The fraction of sp³-hybridized carbons (Fsp3) is 0.222. The molecule has 2 amide bonds. The number of halogens is 1. The fourth-order valence-electron chi connectivity index (χ4n) is 3.30. The summed E-state index contributed by atoms with van der Waals surface area (Å²) in [6.07, 6.45) is 6.31. The van der Waals surface area contributed by atoms with Crippen molar-refractivity contribution in [1.82, 2.24) is 15.6 Å². The van der Waals surface area contributed by atoms with E-state index in [4.69, 9.17) is 0 Å². The largest absolute Gasteiger partial charge is 0.338 e. The van der Waals surface area contributed by atoms with Gasteiger partial charge in [-0.1, -0.05) is 17.9 Å². The molecule has 2 aromatic carbocycles. The Hall–Kier alpha value is -4.02. The fourth-order valence-corrected chi connectivity index (χ4v) is 3.30. The van der Waals surface area contributed by atoms with Gasteiger partial charge in [-0.3, -0.25) is 9.78 Å². The van der Waals surface area contributed by atoms with E-state index in [1.807, 2.05) is 12.1 Å². The van der Waals surface area contributed by atoms with E-state index in [0.29, 0.717) is 41.4 Å². The molecule has 0 atom stereocenters. The lowest BCUT2D eigenvalue weighted by Crippen LogP contribution is -2.30. The van der Waals surface area contributed by atoms with Crippen molar-refractivity contribution in [3.05, 3.63) is 95.1 Å². The Morgan fingerprint density at radius 3 is 2.62 bits per heavy atom. The molecule has 3 aromatic rings. The Kier molecular flexibility index (Phi) is 7.63. The maximum atomic E-state index is 13.2. The molecule has 1 aliphatic carbocycles. The van der Waals surface area contributed by atoms with Crippen molar-refractivity contribution in [1.29, 1.82) is 0 Å². The molecule has 0 saturated heterocycles. The predicted molar refractivity (Wildman–Crippen MR) is 129 cm³/mol. The van der Waals surface area contributed by atoms with Crippen molar-refractivity contribution in [3.8, 4) is 11.8 Å². The number of carbonyl (C=O) groups excluding carboxylic acids is 2. The highest BCUT2D eigenvalue weighted by atomic mass is 19.1. The van der Waals surface area contributed by atoms with E-state index >= 15 is 0 Å². The van der Waals surface area contributed by atoms with E-state index in [1.54, 1.807) is 42.7 Å². The maximum absolute atomic E-state index is 13.2. The Morgan fingerprint density at radius 1 is 1.06 bits per heavy atom. The Balaban J connectivity index is 1.45. The molecule has 0 spiro atoms. The van der Waals surface area contributed by atoms with Crippen LogP contribution in [0.25, 0.3) is 0 Å². The quantitative estimate of drug-likeness (QED) is 0.354. The van der Waals surface area contributed by atoms with E-state index in [0.717, 1.165) is 18.4 Å². The van der Waals surface area contributed by atoms with Gasteiger partial charge >= 0.3 is 6.03 Å². The first-order chi connectivity index (χ1) is 16.6. The standard InChI is InChI=1S/C27H25FN4O2/c28-22-7-4-19(5-8-22)3-6-21-16-24(11-12-25(21)26(33)18-31-23-9-10-23)32-27(34)30-15-13-20-2-1-14-29-17-20/h1-2,4-5,7-8,11-12,14,16-17,23,31H,9-10,13,15,18H2,(H2,30,32,34). The summed E-state index contributed by atoms with van der Waals surface area (Å²) in [6.45, 7) is 0.690. The predicted octanol–water partition coefficient (Wildman–Crippen LogP) is 3.92. The van der Waals surface area contributed by atoms with Crippen LogP contribution in [0.4, 0.5) is 14.9 Å². The molecule has 3 N–H and O–H groups in total. The molecule has 34 heavy (non-hydrogen) atoms. The second-order valence-electron chi connectivity index (χ2n) is 8.09. The second kappa shape index (κ2) is 11.2. The van der Waals surface area contributed by atoms with Gasteiger partial charge in [-0.25, -0.2) is 9.18 Å². The Labute approximate surface area is 198 Å². The molecule has 1 saturated carbocycles. The molecule has 0 bridgehead atoms. The van der Waals surface area contributed by atoms with Crippen LogP contribution in [0.3, 0.4) is 0 Å². The highest BCUT2D eigenvalue weighted by molar-refractivity contribution is 6.01. The van der Waals surface area contributed by atoms with Crippen LogP contribution < -0.4 is 16.0 Å². The second-order valence-corrected chi connectivity index (χ2v) is 8.09. The summed E-state index contributed by atoms with van der Waals surface area (Å²) in [5.41, 5.74) is 3.16. The molecule has 0 aliphatic heterocycles. The van der Waals surface area contributed by atoms with Gasteiger partial charge in [-0.15, -0.1) is 0 Å². The van der Waals surface area contributed by atoms with Gasteiger partial charge in [-0.2, -0.15) is 0 Å². The first-order valence-electron chi connectivity index (χ1n) is 11.2. The van der Waals surface area contributed by atoms with Crippen LogP contribution in [-0.4, -0.2) is 35.9 Å². The number of nitrogens with one attached hydrogen (secondary N) is 3. The number of carbonyl (C=O) groups is 2. The molecule has 1 aliphatic rings. The molecule has 0 unspecified atom stereocenters. The monoisotopic (exact) mass is 456 g/mol. The Morgan fingerprint density at radius 2 is 1.88 bits per heavy atom. The number of hydrogen-bond acceptors (Lipinski definition) is 4. The number of urea groups is 1. The van der Waals surface area contributed by atoms with E-state index in [-0.39, 0.29) is 24.2 Å². The number of nitrogens with zero attached hydrogens (tertiary/aromatic N) is 1. The zero-order valence-corrected chi connectivity index (χ0v) is 18.6. The van der Waals surface area contributed by atoms with Crippen molar-refractivity contribution >= 4 is 17.5 Å². The number of benzene rings is 2.